The molecular weight excluding hydrogens is 356 g/mol. The molecule has 1 atom stereocenters. The van der Waals surface area contributed by atoms with Gasteiger partial charge in [0.15, 0.2) is 9.58 Å². The monoisotopic (exact) mass is 372 g/mol. The fourth-order valence-corrected chi connectivity index (χ4v) is 5.28. The van der Waals surface area contributed by atoms with Crippen LogP contribution < -0.4 is 0 Å². The smallest absolute Gasteiger partial charge is 0.418 e. The van der Waals surface area contributed by atoms with Gasteiger partial charge in [-0.2, -0.15) is 0 Å². The van der Waals surface area contributed by atoms with Crippen LogP contribution in [0.3, 0.4) is 0 Å². The van der Waals surface area contributed by atoms with Gasteiger partial charge in [-0.15, -0.1) is 13.2 Å². The highest BCUT2D eigenvalue weighted by Gasteiger charge is 2.49. The van der Waals surface area contributed by atoms with Gasteiger partial charge in [0.1, 0.15) is 0 Å². The van der Waals surface area contributed by atoms with Crippen LogP contribution in [0.4, 0.5) is 30.4 Å². The molecule has 134 valence electrons. The molecular formula is C15H16BF7S. The van der Waals surface area contributed by atoms with Gasteiger partial charge in [-0.05, 0) is 31.4 Å². The lowest BCUT2D eigenvalue weighted by atomic mass is 10.1. The maximum absolute atomic E-state index is 13.4. The summed E-state index contributed by atoms with van der Waals surface area (Å²) in [6, 6.07) is 7.24. The van der Waals surface area contributed by atoms with Crippen LogP contribution in [0.5, 0.6) is 0 Å². The fraction of sp³-hybridized carbons (Fsp3) is 0.467. The molecule has 1 saturated carbocycles. The van der Waals surface area contributed by atoms with Crippen molar-refractivity contribution in [2.75, 3.05) is 0 Å². The minimum Gasteiger partial charge on any atom is -0.418 e. The molecule has 0 bridgehead atoms. The van der Waals surface area contributed by atoms with Crippen molar-refractivity contribution in [3.05, 3.63) is 34.7 Å². The molecule has 0 aliphatic heterocycles. The molecule has 1 aliphatic carbocycles. The maximum Gasteiger partial charge on any atom is 0.673 e. The quantitative estimate of drug-likeness (QED) is 0.279. The van der Waals surface area contributed by atoms with Crippen LogP contribution in [0.25, 0.3) is 10.1 Å². The molecule has 0 amide bonds. The zero-order valence-electron chi connectivity index (χ0n) is 12.8. The van der Waals surface area contributed by atoms with Crippen molar-refractivity contribution in [3.63, 3.8) is 0 Å². The molecule has 1 aromatic heterocycles. The summed E-state index contributed by atoms with van der Waals surface area (Å²) in [5.74, 6) is 0.137. The Hall–Kier alpha value is -1.25. The Labute approximate surface area is 137 Å². The molecule has 0 spiro atoms. The Morgan fingerprint density at radius 3 is 2.04 bits per heavy atom. The van der Waals surface area contributed by atoms with E-state index in [4.69, 9.17) is 0 Å². The van der Waals surface area contributed by atoms with Crippen LogP contribution in [-0.2, 0) is 5.51 Å². The van der Waals surface area contributed by atoms with E-state index < -0.39 is 23.2 Å². The normalized spacial score (nSPS) is 17.1. The lowest BCUT2D eigenvalue weighted by Gasteiger charge is -2.05. The van der Waals surface area contributed by atoms with E-state index >= 15 is 0 Å². The van der Waals surface area contributed by atoms with Crippen molar-refractivity contribution in [1.29, 1.82) is 0 Å². The van der Waals surface area contributed by atoms with Gasteiger partial charge in [0.25, 0.3) is 0 Å². The average molecular weight is 372 g/mol. The zero-order valence-corrected chi connectivity index (χ0v) is 13.7. The molecule has 24 heavy (non-hydrogen) atoms. The summed E-state index contributed by atoms with van der Waals surface area (Å²) in [4.78, 5) is 0.630. The number of alkyl halides is 3. The van der Waals surface area contributed by atoms with Gasteiger partial charge in [-0.25, -0.2) is 0 Å². The number of hydrogen-bond acceptors (Lipinski definition) is 0. The second-order valence-corrected chi connectivity index (χ2v) is 7.80. The third-order valence-corrected chi connectivity index (χ3v) is 6.09. The molecule has 0 radical (unpaired) electrons. The molecule has 1 aliphatic rings. The summed E-state index contributed by atoms with van der Waals surface area (Å²) in [7, 11) is -7.70. The van der Waals surface area contributed by atoms with Crippen molar-refractivity contribution in [2.45, 2.75) is 44.0 Å². The minimum atomic E-state index is -6.00. The molecule has 3 rings (SSSR count). The molecule has 1 unspecified atom stereocenters. The third-order valence-electron chi connectivity index (χ3n) is 3.91. The van der Waals surface area contributed by atoms with Crippen molar-refractivity contribution in [2.24, 2.45) is 0 Å². The molecule has 1 heterocycles. The topological polar surface area (TPSA) is 0 Å². The van der Waals surface area contributed by atoms with Crippen LogP contribution in [0, 0.1) is 6.92 Å². The van der Waals surface area contributed by atoms with Crippen molar-refractivity contribution >= 4 is 27.8 Å². The van der Waals surface area contributed by atoms with E-state index in [0.717, 1.165) is 36.6 Å². The van der Waals surface area contributed by atoms with Gasteiger partial charge >= 0.3 is 12.8 Å². The predicted molar refractivity (Wildman–Crippen MR) is 83.9 cm³/mol. The predicted octanol–water partition coefficient (Wildman–Crippen LogP) is 7.33. The first kappa shape index (κ1) is 19.1. The summed E-state index contributed by atoms with van der Waals surface area (Å²) in [5, 5.41) is 0.771. The Bertz CT molecular complexity index is 690. The largest absolute Gasteiger partial charge is 0.673 e. The Morgan fingerprint density at radius 1 is 1.00 bits per heavy atom. The van der Waals surface area contributed by atoms with Gasteiger partial charge in [-0.3, -0.25) is 0 Å². The van der Waals surface area contributed by atoms with Crippen molar-refractivity contribution in [1.82, 2.24) is 0 Å². The number of benzene rings is 1. The number of hydrogen-bond donors (Lipinski definition) is 0. The first-order chi connectivity index (χ1) is 11.0. The first-order valence-electron chi connectivity index (χ1n) is 7.47. The summed E-state index contributed by atoms with van der Waals surface area (Å²) < 4.78 is 79.8. The summed E-state index contributed by atoms with van der Waals surface area (Å²) in [6.45, 7) is 1.85. The molecule has 0 saturated heterocycles. The van der Waals surface area contributed by atoms with E-state index in [1.165, 1.54) is 0 Å². The van der Waals surface area contributed by atoms with Gasteiger partial charge in [0.05, 0.1) is 10.5 Å². The lowest BCUT2D eigenvalue weighted by molar-refractivity contribution is -0.0868. The van der Waals surface area contributed by atoms with Crippen LogP contribution in [0.15, 0.2) is 24.3 Å². The molecule has 1 fully saturated rings. The van der Waals surface area contributed by atoms with E-state index in [1.54, 1.807) is 12.1 Å². The fourth-order valence-electron chi connectivity index (χ4n) is 3.03. The molecule has 9 heteroatoms. The van der Waals surface area contributed by atoms with Crippen LogP contribution in [0.2, 0.25) is 0 Å². The Kier molecular flexibility index (Phi) is 5.52. The number of halogens is 7. The van der Waals surface area contributed by atoms with E-state index in [9.17, 15) is 30.4 Å². The summed E-state index contributed by atoms with van der Waals surface area (Å²) in [6.07, 6.45) is 3.95. The van der Waals surface area contributed by atoms with E-state index in [2.05, 4.69) is 0 Å². The molecule has 2 aromatic rings. The van der Waals surface area contributed by atoms with Gasteiger partial charge in [0, 0.05) is 23.4 Å². The van der Waals surface area contributed by atoms with E-state index in [1.807, 2.05) is 19.1 Å². The van der Waals surface area contributed by atoms with E-state index in [0.29, 0.717) is 9.58 Å². The number of rotatable bonds is 1. The highest BCUT2D eigenvalue weighted by atomic mass is 32.2. The maximum atomic E-state index is 13.4. The third kappa shape index (κ3) is 4.88. The van der Waals surface area contributed by atoms with Crippen LogP contribution in [-0.4, -0.2) is 7.25 Å². The molecule has 1 aromatic carbocycles. The number of aryl methyl sites for hydroxylation is 1. The minimum absolute atomic E-state index is 0.137. The molecule has 0 nitrogen and oxygen atoms in total. The zero-order chi connectivity index (χ0) is 18.1. The van der Waals surface area contributed by atoms with Crippen LogP contribution >= 0.6 is 10.5 Å². The van der Waals surface area contributed by atoms with Crippen LogP contribution in [0.1, 0.15) is 42.0 Å². The first-order valence-corrected chi connectivity index (χ1v) is 8.70. The van der Waals surface area contributed by atoms with Gasteiger partial charge < -0.3 is 17.3 Å². The highest BCUT2D eigenvalue weighted by Crippen LogP contribution is 2.55. The summed E-state index contributed by atoms with van der Waals surface area (Å²) >= 11 is 0. The second kappa shape index (κ2) is 6.94. The standard InChI is InChI=1S/C15H16F3S.BF4/c1-10-6-7-12-9-14(11-4-2-3-5-11)19(13(12)8-10)15(16,17)18;2-1(3,4)5/h6-9,11H,2-5H2,1H3;/q+1;-1. The van der Waals surface area contributed by atoms with Crippen molar-refractivity contribution in [3.8, 4) is 0 Å². The SMILES string of the molecule is Cc1ccc2cc(C3CCCC3)[s+](C(F)(F)F)c2c1.F[B-](F)(F)F. The van der Waals surface area contributed by atoms with Gasteiger partial charge in [-0.1, -0.05) is 18.9 Å². The molecule has 0 N–H and O–H groups in total. The second-order valence-electron chi connectivity index (χ2n) is 5.82. The Morgan fingerprint density at radius 2 is 1.54 bits per heavy atom. The van der Waals surface area contributed by atoms with Crippen molar-refractivity contribution < 1.29 is 30.4 Å². The van der Waals surface area contributed by atoms with E-state index in [-0.39, 0.29) is 5.92 Å². The average Bonchev–Trinajstić information content (AvgIpc) is 3.01. The lowest BCUT2D eigenvalue weighted by Crippen LogP contribution is -2.02. The Balaban J connectivity index is 0.000000368. The highest BCUT2D eigenvalue weighted by molar-refractivity contribution is 7.38. The summed E-state index contributed by atoms with van der Waals surface area (Å²) in [5.41, 5.74) is -3.24. The van der Waals surface area contributed by atoms with Gasteiger partial charge in [0.2, 0.25) is 0 Å². The number of thiophene rings is 1. The number of fused-ring (bicyclic) bond motifs is 1.